The number of nitrogens with zero attached hydrogens (tertiary/aromatic N) is 2. The van der Waals surface area contributed by atoms with E-state index in [2.05, 4.69) is 5.32 Å². The molecule has 1 aliphatic heterocycles. The van der Waals surface area contributed by atoms with Gasteiger partial charge in [-0.15, -0.1) is 0 Å². The number of carbonyl (C=O) groups is 2. The molecule has 160 valence electrons. The minimum Gasteiger partial charge on any atom is -0.354 e. The second kappa shape index (κ2) is 9.26. The van der Waals surface area contributed by atoms with Crippen LogP contribution in [0.15, 0.2) is 29.2 Å². The predicted octanol–water partition coefficient (Wildman–Crippen LogP) is 1.78. The number of carbonyl (C=O) groups excluding carboxylic acids is 2. The molecule has 1 aliphatic carbocycles. The Labute approximate surface area is 173 Å². The molecule has 1 heterocycles. The standard InChI is InChI=1S/C21H31N3O4S/c1-3-17-8-10-18(11-9-17)29(27,28)23-13-5-14-24(16(2)25)20-7-4-6-19(20)21(26)22-12-15-23/h8-11,19-20H,3-7,12-15H2,1-2H3,(H,22,26)/t19-,20+/m1/s1. The van der Waals surface area contributed by atoms with Crippen molar-refractivity contribution in [2.24, 2.45) is 5.92 Å². The van der Waals surface area contributed by atoms with Crippen molar-refractivity contribution in [3.05, 3.63) is 29.8 Å². The van der Waals surface area contributed by atoms with Crippen molar-refractivity contribution in [2.75, 3.05) is 26.2 Å². The Morgan fingerprint density at radius 3 is 2.48 bits per heavy atom. The lowest BCUT2D eigenvalue weighted by molar-refractivity contribution is -0.134. The molecule has 0 aromatic heterocycles. The molecule has 0 spiro atoms. The van der Waals surface area contributed by atoms with Crippen LogP contribution in [-0.4, -0.2) is 61.7 Å². The van der Waals surface area contributed by atoms with Gasteiger partial charge in [-0.2, -0.15) is 4.31 Å². The molecule has 2 aliphatic rings. The van der Waals surface area contributed by atoms with Crippen LogP contribution in [0.3, 0.4) is 0 Å². The molecule has 1 N–H and O–H groups in total. The van der Waals surface area contributed by atoms with Gasteiger partial charge in [0.25, 0.3) is 0 Å². The second-order valence-electron chi connectivity index (χ2n) is 7.86. The minimum absolute atomic E-state index is 0.0569. The van der Waals surface area contributed by atoms with Crippen molar-refractivity contribution >= 4 is 21.8 Å². The highest BCUT2D eigenvalue weighted by Gasteiger charge is 2.38. The predicted molar refractivity (Wildman–Crippen MR) is 111 cm³/mol. The summed E-state index contributed by atoms with van der Waals surface area (Å²) < 4.78 is 27.7. The lowest BCUT2D eigenvalue weighted by Crippen LogP contribution is -2.46. The summed E-state index contributed by atoms with van der Waals surface area (Å²) in [6.45, 7) is 4.82. The maximum Gasteiger partial charge on any atom is 0.243 e. The minimum atomic E-state index is -3.66. The lowest BCUT2D eigenvalue weighted by Gasteiger charge is -2.31. The van der Waals surface area contributed by atoms with E-state index in [1.54, 1.807) is 17.0 Å². The van der Waals surface area contributed by atoms with Crippen molar-refractivity contribution in [3.8, 4) is 0 Å². The first-order chi connectivity index (χ1) is 13.8. The van der Waals surface area contributed by atoms with Gasteiger partial charge in [0.15, 0.2) is 0 Å². The molecule has 1 saturated heterocycles. The number of amides is 2. The van der Waals surface area contributed by atoms with Gasteiger partial charge in [0.2, 0.25) is 21.8 Å². The van der Waals surface area contributed by atoms with E-state index in [1.165, 1.54) is 11.2 Å². The fraction of sp³-hybridized carbons (Fsp3) is 0.619. The fourth-order valence-electron chi connectivity index (χ4n) is 4.43. The Hall–Kier alpha value is -1.93. The van der Waals surface area contributed by atoms with Gasteiger partial charge in [-0.05, 0) is 43.4 Å². The van der Waals surface area contributed by atoms with Crippen LogP contribution in [0, 0.1) is 5.92 Å². The Morgan fingerprint density at radius 2 is 1.83 bits per heavy atom. The number of fused-ring (bicyclic) bond motifs is 1. The highest BCUT2D eigenvalue weighted by atomic mass is 32.2. The van der Waals surface area contributed by atoms with E-state index in [4.69, 9.17) is 0 Å². The number of aryl methyl sites for hydroxylation is 1. The van der Waals surface area contributed by atoms with E-state index in [9.17, 15) is 18.0 Å². The highest BCUT2D eigenvalue weighted by Crippen LogP contribution is 2.31. The summed E-state index contributed by atoms with van der Waals surface area (Å²) in [6.07, 6.45) is 3.92. The maximum atomic E-state index is 13.2. The summed E-state index contributed by atoms with van der Waals surface area (Å²) in [4.78, 5) is 26.9. The van der Waals surface area contributed by atoms with Crippen LogP contribution < -0.4 is 5.32 Å². The summed E-state index contributed by atoms with van der Waals surface area (Å²) >= 11 is 0. The summed E-state index contributed by atoms with van der Waals surface area (Å²) in [5.41, 5.74) is 1.08. The van der Waals surface area contributed by atoms with E-state index in [0.29, 0.717) is 19.5 Å². The molecule has 1 aromatic carbocycles. The van der Waals surface area contributed by atoms with Crippen LogP contribution in [0.1, 0.15) is 45.1 Å². The van der Waals surface area contributed by atoms with Crippen molar-refractivity contribution in [1.29, 1.82) is 0 Å². The van der Waals surface area contributed by atoms with Crippen LogP contribution in [0.5, 0.6) is 0 Å². The normalized spacial score (nSPS) is 24.5. The lowest BCUT2D eigenvalue weighted by atomic mass is 10.0. The average molecular weight is 422 g/mol. The molecule has 2 atom stereocenters. The van der Waals surface area contributed by atoms with E-state index in [0.717, 1.165) is 31.2 Å². The van der Waals surface area contributed by atoms with Gasteiger partial charge >= 0.3 is 0 Å². The number of nitrogens with one attached hydrogen (secondary N) is 1. The van der Waals surface area contributed by atoms with Gasteiger partial charge in [0, 0.05) is 39.1 Å². The largest absolute Gasteiger partial charge is 0.354 e. The Bertz CT molecular complexity index is 838. The molecule has 7 nitrogen and oxygen atoms in total. The summed E-state index contributed by atoms with van der Waals surface area (Å²) in [7, 11) is -3.66. The molecular weight excluding hydrogens is 390 g/mol. The zero-order chi connectivity index (χ0) is 21.0. The zero-order valence-electron chi connectivity index (χ0n) is 17.3. The number of sulfonamides is 1. The van der Waals surface area contributed by atoms with Crippen molar-refractivity contribution in [3.63, 3.8) is 0 Å². The van der Waals surface area contributed by atoms with Gasteiger partial charge in [0.05, 0.1) is 10.8 Å². The summed E-state index contributed by atoms with van der Waals surface area (Å²) in [5, 5.41) is 2.90. The van der Waals surface area contributed by atoms with Crippen molar-refractivity contribution < 1.29 is 18.0 Å². The molecule has 2 fully saturated rings. The number of benzene rings is 1. The first-order valence-corrected chi connectivity index (χ1v) is 11.9. The first-order valence-electron chi connectivity index (χ1n) is 10.5. The monoisotopic (exact) mass is 421 g/mol. The topological polar surface area (TPSA) is 86.8 Å². The zero-order valence-corrected chi connectivity index (χ0v) is 18.1. The van der Waals surface area contributed by atoms with Crippen LogP contribution in [0.25, 0.3) is 0 Å². The molecule has 0 bridgehead atoms. The summed E-state index contributed by atoms with van der Waals surface area (Å²) in [6, 6.07) is 6.87. The Morgan fingerprint density at radius 1 is 1.10 bits per heavy atom. The molecule has 0 unspecified atom stereocenters. The average Bonchev–Trinajstić information content (AvgIpc) is 3.17. The molecule has 1 saturated carbocycles. The molecule has 29 heavy (non-hydrogen) atoms. The van der Waals surface area contributed by atoms with Gasteiger partial charge in [0.1, 0.15) is 0 Å². The van der Waals surface area contributed by atoms with Gasteiger partial charge in [-0.1, -0.05) is 25.5 Å². The van der Waals surface area contributed by atoms with Crippen LogP contribution in [-0.2, 0) is 26.0 Å². The molecule has 3 rings (SSSR count). The third-order valence-corrected chi connectivity index (χ3v) is 7.97. The SMILES string of the molecule is CCc1ccc(S(=O)(=O)N2CCCN(C(C)=O)[C@H]3CCC[C@H]3C(=O)NCC2)cc1. The smallest absolute Gasteiger partial charge is 0.243 e. The third-order valence-electron chi connectivity index (χ3n) is 6.06. The van der Waals surface area contributed by atoms with E-state index in [-0.39, 0.29) is 41.8 Å². The number of hydrogen-bond acceptors (Lipinski definition) is 4. The molecule has 0 radical (unpaired) electrons. The Kier molecular flexibility index (Phi) is 6.95. The van der Waals surface area contributed by atoms with Crippen molar-refractivity contribution in [1.82, 2.24) is 14.5 Å². The van der Waals surface area contributed by atoms with Gasteiger partial charge in [-0.25, -0.2) is 8.42 Å². The Balaban J connectivity index is 1.81. The van der Waals surface area contributed by atoms with Gasteiger partial charge in [-0.3, -0.25) is 9.59 Å². The highest BCUT2D eigenvalue weighted by molar-refractivity contribution is 7.89. The van der Waals surface area contributed by atoms with Gasteiger partial charge < -0.3 is 10.2 Å². The van der Waals surface area contributed by atoms with E-state index in [1.807, 2.05) is 19.1 Å². The quantitative estimate of drug-likeness (QED) is 0.806. The first kappa shape index (κ1) is 21.8. The van der Waals surface area contributed by atoms with Crippen molar-refractivity contribution in [2.45, 2.75) is 56.9 Å². The number of rotatable bonds is 3. The molecular formula is C21H31N3O4S. The van der Waals surface area contributed by atoms with E-state index < -0.39 is 10.0 Å². The molecule has 8 heteroatoms. The van der Waals surface area contributed by atoms with Crippen LogP contribution in [0.2, 0.25) is 0 Å². The summed E-state index contributed by atoms with van der Waals surface area (Å²) in [5.74, 6) is -0.340. The second-order valence-corrected chi connectivity index (χ2v) is 9.80. The fourth-order valence-corrected chi connectivity index (χ4v) is 5.91. The third kappa shape index (κ3) is 4.80. The van der Waals surface area contributed by atoms with E-state index >= 15 is 0 Å². The molecule has 1 aromatic rings. The maximum absolute atomic E-state index is 13.2. The van der Waals surface area contributed by atoms with Crippen LogP contribution in [0.4, 0.5) is 0 Å². The van der Waals surface area contributed by atoms with Crippen LogP contribution >= 0.6 is 0 Å². The number of hydrogen-bond donors (Lipinski definition) is 1. The molecule has 2 amide bonds.